The number of hydrogen-bond acceptors (Lipinski definition) is 5. The molecule has 8 heteroatoms. The smallest absolute Gasteiger partial charge is 0.264 e. The van der Waals surface area contributed by atoms with Crippen molar-refractivity contribution < 1.29 is 18.0 Å². The monoisotopic (exact) mass is 419 g/mol. The standard InChI is InChI=1S/C21H29N3O4S/c1-5-24(6-2)16-19-10-8-7-9-18(19)15-22-21(25)17-11-13-20(14-12-17)29(26,27)23(3)28-4/h7-14H,5-6,15-16H2,1-4H3,(H,22,25). The molecule has 0 aliphatic heterocycles. The lowest BCUT2D eigenvalue weighted by atomic mass is 10.1. The van der Waals surface area contributed by atoms with Gasteiger partial charge in [-0.25, -0.2) is 8.42 Å². The van der Waals surface area contributed by atoms with Crippen molar-refractivity contribution in [2.24, 2.45) is 0 Å². The number of hydrogen-bond donors (Lipinski definition) is 1. The third-order valence-electron chi connectivity index (χ3n) is 4.86. The first-order chi connectivity index (χ1) is 13.8. The van der Waals surface area contributed by atoms with Crippen LogP contribution in [0.25, 0.3) is 0 Å². The summed E-state index contributed by atoms with van der Waals surface area (Å²) in [5.74, 6) is -0.258. The molecule has 7 nitrogen and oxygen atoms in total. The maximum atomic E-state index is 12.5. The number of hydroxylamine groups is 1. The minimum atomic E-state index is -3.73. The number of carbonyl (C=O) groups is 1. The lowest BCUT2D eigenvalue weighted by Crippen LogP contribution is -2.27. The van der Waals surface area contributed by atoms with Gasteiger partial charge in [0.2, 0.25) is 0 Å². The van der Waals surface area contributed by atoms with E-state index in [1.165, 1.54) is 44.0 Å². The van der Waals surface area contributed by atoms with Crippen LogP contribution in [0.3, 0.4) is 0 Å². The summed E-state index contributed by atoms with van der Waals surface area (Å²) in [5, 5.41) is 2.92. The van der Waals surface area contributed by atoms with Crippen LogP contribution in [0.4, 0.5) is 0 Å². The second-order valence-electron chi connectivity index (χ2n) is 6.53. The van der Waals surface area contributed by atoms with E-state index in [1.807, 2.05) is 18.2 Å². The zero-order valence-corrected chi connectivity index (χ0v) is 18.2. The Morgan fingerprint density at radius 1 is 1.00 bits per heavy atom. The summed E-state index contributed by atoms with van der Waals surface area (Å²) in [6.45, 7) is 7.42. The Morgan fingerprint density at radius 3 is 2.14 bits per heavy atom. The van der Waals surface area contributed by atoms with Crippen LogP contribution in [0.1, 0.15) is 35.3 Å². The molecule has 0 atom stereocenters. The molecule has 0 aromatic heterocycles. The highest BCUT2D eigenvalue weighted by molar-refractivity contribution is 7.89. The SMILES string of the molecule is CCN(CC)Cc1ccccc1CNC(=O)c1ccc(S(=O)(=O)N(C)OC)cc1. The fourth-order valence-corrected chi connectivity index (χ4v) is 3.85. The van der Waals surface area contributed by atoms with E-state index in [0.29, 0.717) is 12.1 Å². The van der Waals surface area contributed by atoms with E-state index in [4.69, 9.17) is 4.84 Å². The first kappa shape index (κ1) is 23.0. The van der Waals surface area contributed by atoms with E-state index < -0.39 is 10.0 Å². The van der Waals surface area contributed by atoms with E-state index in [1.54, 1.807) is 0 Å². The Kier molecular flexibility index (Phi) is 8.33. The second kappa shape index (κ2) is 10.5. The number of nitrogens with zero attached hydrogens (tertiary/aromatic N) is 2. The molecule has 2 rings (SSSR count). The van der Waals surface area contributed by atoms with Crippen molar-refractivity contribution in [3.8, 4) is 0 Å². The summed E-state index contributed by atoms with van der Waals surface area (Å²) in [4.78, 5) is 19.6. The lowest BCUT2D eigenvalue weighted by Gasteiger charge is -2.20. The Hall–Kier alpha value is -2.26. The molecule has 158 valence electrons. The summed E-state index contributed by atoms with van der Waals surface area (Å²) in [7, 11) is -1.15. The van der Waals surface area contributed by atoms with E-state index in [2.05, 4.69) is 30.1 Å². The molecule has 0 aliphatic carbocycles. The van der Waals surface area contributed by atoms with Crippen molar-refractivity contribution in [1.82, 2.24) is 14.7 Å². The first-order valence-corrected chi connectivity index (χ1v) is 11.0. The van der Waals surface area contributed by atoms with Gasteiger partial charge in [0.05, 0.1) is 12.0 Å². The average molecular weight is 420 g/mol. The quantitative estimate of drug-likeness (QED) is 0.599. The van der Waals surface area contributed by atoms with E-state index >= 15 is 0 Å². The van der Waals surface area contributed by atoms with Crippen molar-refractivity contribution >= 4 is 15.9 Å². The van der Waals surface area contributed by atoms with Gasteiger partial charge in [-0.3, -0.25) is 14.5 Å². The molecule has 1 N–H and O–H groups in total. The average Bonchev–Trinajstić information content (AvgIpc) is 2.75. The maximum absolute atomic E-state index is 12.5. The van der Waals surface area contributed by atoms with E-state index in [9.17, 15) is 13.2 Å². The topological polar surface area (TPSA) is 79.0 Å². The van der Waals surface area contributed by atoms with Crippen LogP contribution in [0, 0.1) is 0 Å². The number of carbonyl (C=O) groups excluding carboxylic acids is 1. The van der Waals surface area contributed by atoms with Crippen LogP contribution in [0.2, 0.25) is 0 Å². The number of rotatable bonds is 10. The second-order valence-corrected chi connectivity index (χ2v) is 8.47. The highest BCUT2D eigenvalue weighted by atomic mass is 32.2. The van der Waals surface area contributed by atoms with Gasteiger partial charge in [-0.05, 0) is 48.5 Å². The Balaban J connectivity index is 2.07. The molecule has 0 fully saturated rings. The van der Waals surface area contributed by atoms with Crippen LogP contribution in [0.5, 0.6) is 0 Å². The van der Waals surface area contributed by atoms with Gasteiger partial charge in [0.15, 0.2) is 0 Å². The zero-order valence-electron chi connectivity index (χ0n) is 17.4. The number of nitrogens with one attached hydrogen (secondary N) is 1. The molecule has 0 saturated carbocycles. The van der Waals surface area contributed by atoms with E-state index in [0.717, 1.165) is 29.7 Å². The Morgan fingerprint density at radius 2 is 1.59 bits per heavy atom. The van der Waals surface area contributed by atoms with Gasteiger partial charge in [0, 0.05) is 25.7 Å². The molecule has 1 amide bonds. The van der Waals surface area contributed by atoms with Crippen molar-refractivity contribution in [2.45, 2.75) is 31.8 Å². The van der Waals surface area contributed by atoms with Crippen LogP contribution in [-0.2, 0) is 28.0 Å². The molecule has 2 aromatic carbocycles. The molecular formula is C21H29N3O4S. The predicted molar refractivity (Wildman–Crippen MR) is 113 cm³/mol. The predicted octanol–water partition coefficient (Wildman–Crippen LogP) is 2.64. The van der Waals surface area contributed by atoms with Crippen LogP contribution in [0.15, 0.2) is 53.4 Å². The summed E-state index contributed by atoms with van der Waals surface area (Å²) in [6.07, 6.45) is 0. The highest BCUT2D eigenvalue weighted by Crippen LogP contribution is 2.16. The molecule has 0 aliphatic rings. The fraction of sp³-hybridized carbons (Fsp3) is 0.381. The normalized spacial score (nSPS) is 11.8. The molecule has 0 unspecified atom stereocenters. The van der Waals surface area contributed by atoms with E-state index in [-0.39, 0.29) is 10.8 Å². The van der Waals surface area contributed by atoms with Crippen molar-refractivity contribution in [3.63, 3.8) is 0 Å². The molecule has 0 saturated heterocycles. The van der Waals surface area contributed by atoms with Crippen molar-refractivity contribution in [3.05, 3.63) is 65.2 Å². The Labute approximate surface area is 173 Å². The van der Waals surface area contributed by atoms with Gasteiger partial charge in [0.25, 0.3) is 15.9 Å². The van der Waals surface area contributed by atoms with Crippen LogP contribution < -0.4 is 5.32 Å². The molecule has 0 radical (unpaired) electrons. The number of amides is 1. The number of benzene rings is 2. The molecule has 29 heavy (non-hydrogen) atoms. The van der Waals surface area contributed by atoms with Gasteiger partial charge >= 0.3 is 0 Å². The Bertz CT molecular complexity index is 910. The minimum absolute atomic E-state index is 0.0583. The third kappa shape index (κ3) is 5.86. The van der Waals surface area contributed by atoms with Crippen molar-refractivity contribution in [1.29, 1.82) is 0 Å². The summed E-state index contributed by atoms with van der Waals surface area (Å²) < 4.78 is 25.2. The van der Waals surface area contributed by atoms with Gasteiger partial charge in [-0.1, -0.05) is 42.6 Å². The van der Waals surface area contributed by atoms with Gasteiger partial charge in [-0.15, -0.1) is 0 Å². The molecule has 0 bridgehead atoms. The van der Waals surface area contributed by atoms with Crippen molar-refractivity contribution in [2.75, 3.05) is 27.2 Å². The molecule has 0 heterocycles. The fourth-order valence-electron chi connectivity index (χ4n) is 2.87. The largest absolute Gasteiger partial charge is 0.348 e. The molecule has 2 aromatic rings. The zero-order chi connectivity index (χ0) is 21.4. The van der Waals surface area contributed by atoms with Gasteiger partial charge in [0.1, 0.15) is 0 Å². The highest BCUT2D eigenvalue weighted by Gasteiger charge is 2.21. The molecule has 0 spiro atoms. The summed E-state index contributed by atoms with van der Waals surface area (Å²) >= 11 is 0. The number of sulfonamides is 1. The first-order valence-electron chi connectivity index (χ1n) is 9.53. The third-order valence-corrected chi connectivity index (χ3v) is 6.55. The maximum Gasteiger partial charge on any atom is 0.264 e. The minimum Gasteiger partial charge on any atom is -0.348 e. The van der Waals surface area contributed by atoms with Gasteiger partial charge < -0.3 is 5.32 Å². The van der Waals surface area contributed by atoms with Gasteiger partial charge in [-0.2, -0.15) is 0 Å². The summed E-state index contributed by atoms with van der Waals surface area (Å²) in [6, 6.07) is 13.8. The van der Waals surface area contributed by atoms with Crippen LogP contribution in [-0.4, -0.2) is 50.9 Å². The summed E-state index contributed by atoms with van der Waals surface area (Å²) in [5.41, 5.74) is 2.64. The van der Waals surface area contributed by atoms with Crippen LogP contribution >= 0.6 is 0 Å². The lowest BCUT2D eigenvalue weighted by molar-refractivity contribution is -0.0258. The molecular weight excluding hydrogens is 390 g/mol.